The van der Waals surface area contributed by atoms with Crippen molar-refractivity contribution in [3.8, 4) is 0 Å². The summed E-state index contributed by atoms with van der Waals surface area (Å²) in [5.74, 6) is -1.01. The Morgan fingerprint density at radius 3 is 2.24 bits per heavy atom. The molecule has 0 saturated carbocycles. The predicted octanol–water partition coefficient (Wildman–Crippen LogP) is 5.14. The monoisotopic (exact) mass is 296 g/mol. The lowest BCUT2D eigenvalue weighted by Crippen LogP contribution is -1.77. The Balaban J connectivity index is 2.36. The molecule has 86 valence electrons. The van der Waals surface area contributed by atoms with Gasteiger partial charge in [0, 0.05) is 4.47 Å². The number of hydrogen-bond acceptors (Lipinski definition) is 2. The molecular weight excluding hydrogens is 290 g/mol. The molecule has 0 amide bonds. The maximum absolute atomic E-state index is 13.4. The first-order chi connectivity index (χ1) is 8.18. The highest BCUT2D eigenvalue weighted by atomic mass is 79.9. The Labute approximate surface area is 105 Å². The Morgan fingerprint density at radius 1 is 0.824 bits per heavy atom. The van der Waals surface area contributed by atoms with Crippen LogP contribution in [-0.4, -0.2) is 0 Å². The van der Waals surface area contributed by atoms with Gasteiger partial charge in [-0.15, -0.1) is 10.2 Å². The van der Waals surface area contributed by atoms with Gasteiger partial charge in [-0.05, 0) is 40.2 Å². The molecule has 0 radical (unpaired) electrons. The Bertz CT molecular complexity index is 550. The maximum Gasteiger partial charge on any atom is 0.151 e. The second kappa shape index (κ2) is 5.14. The number of hydrogen-bond donors (Lipinski definition) is 0. The van der Waals surface area contributed by atoms with Crippen molar-refractivity contribution in [2.75, 3.05) is 0 Å². The molecule has 0 aliphatic rings. The van der Waals surface area contributed by atoms with Gasteiger partial charge in [-0.2, -0.15) is 0 Å². The van der Waals surface area contributed by atoms with E-state index in [1.165, 1.54) is 18.2 Å². The topological polar surface area (TPSA) is 24.7 Å². The summed E-state index contributed by atoms with van der Waals surface area (Å²) < 4.78 is 27.1. The van der Waals surface area contributed by atoms with Crippen molar-refractivity contribution in [3.63, 3.8) is 0 Å². The smallest absolute Gasteiger partial charge is 0.151 e. The first kappa shape index (κ1) is 11.9. The molecule has 0 fully saturated rings. The van der Waals surface area contributed by atoms with E-state index in [4.69, 9.17) is 0 Å². The van der Waals surface area contributed by atoms with E-state index in [2.05, 4.69) is 26.2 Å². The van der Waals surface area contributed by atoms with E-state index in [0.717, 1.165) is 0 Å². The van der Waals surface area contributed by atoms with E-state index in [-0.39, 0.29) is 11.4 Å². The standard InChI is InChI=1S/C12H7BrF2N2/c13-8-4-3-6-10(15)12(8)17-16-11-7-2-1-5-9(11)14/h1-7H. The minimum absolute atomic E-state index is 0.0516. The highest BCUT2D eigenvalue weighted by Crippen LogP contribution is 2.30. The van der Waals surface area contributed by atoms with Crippen LogP contribution in [0.2, 0.25) is 0 Å². The third-order valence-corrected chi connectivity index (χ3v) is 2.69. The Hall–Kier alpha value is -1.62. The molecule has 2 rings (SSSR count). The first-order valence-electron chi connectivity index (χ1n) is 4.79. The average Bonchev–Trinajstić information content (AvgIpc) is 2.30. The fourth-order valence-corrected chi connectivity index (χ4v) is 1.64. The van der Waals surface area contributed by atoms with Crippen molar-refractivity contribution >= 4 is 27.3 Å². The molecule has 2 aromatic rings. The quantitative estimate of drug-likeness (QED) is 0.685. The number of rotatable bonds is 2. The molecule has 2 nitrogen and oxygen atoms in total. The fraction of sp³-hybridized carbons (Fsp3) is 0. The largest absolute Gasteiger partial charge is 0.205 e. The van der Waals surface area contributed by atoms with Gasteiger partial charge in [0.15, 0.2) is 11.6 Å². The zero-order chi connectivity index (χ0) is 12.3. The van der Waals surface area contributed by atoms with Crippen LogP contribution in [0.15, 0.2) is 57.2 Å². The number of benzene rings is 2. The highest BCUT2D eigenvalue weighted by molar-refractivity contribution is 9.10. The zero-order valence-electron chi connectivity index (χ0n) is 8.57. The van der Waals surface area contributed by atoms with E-state index in [0.29, 0.717) is 4.47 Å². The highest BCUT2D eigenvalue weighted by Gasteiger charge is 2.05. The summed E-state index contributed by atoms with van der Waals surface area (Å²) in [6, 6.07) is 10.4. The molecule has 0 aromatic heterocycles. The van der Waals surface area contributed by atoms with Crippen LogP contribution in [0.4, 0.5) is 20.2 Å². The van der Waals surface area contributed by atoms with Crippen LogP contribution in [0.3, 0.4) is 0 Å². The first-order valence-corrected chi connectivity index (χ1v) is 5.58. The van der Waals surface area contributed by atoms with Gasteiger partial charge in [0.1, 0.15) is 11.4 Å². The van der Waals surface area contributed by atoms with Crippen LogP contribution in [-0.2, 0) is 0 Å². The van der Waals surface area contributed by atoms with Gasteiger partial charge in [0.05, 0.1) is 0 Å². The number of halogens is 3. The van der Waals surface area contributed by atoms with Gasteiger partial charge in [-0.3, -0.25) is 0 Å². The normalized spacial score (nSPS) is 11.0. The van der Waals surface area contributed by atoms with Gasteiger partial charge in [-0.25, -0.2) is 8.78 Å². The van der Waals surface area contributed by atoms with Crippen LogP contribution in [0, 0.1) is 11.6 Å². The number of nitrogens with zero attached hydrogens (tertiary/aromatic N) is 2. The molecule has 5 heteroatoms. The Morgan fingerprint density at radius 2 is 1.53 bits per heavy atom. The van der Waals surface area contributed by atoms with E-state index in [1.54, 1.807) is 24.3 Å². The zero-order valence-corrected chi connectivity index (χ0v) is 10.2. The molecule has 0 saturated heterocycles. The van der Waals surface area contributed by atoms with Crippen molar-refractivity contribution in [1.82, 2.24) is 0 Å². The third-order valence-electron chi connectivity index (χ3n) is 2.05. The van der Waals surface area contributed by atoms with Crippen LogP contribution >= 0.6 is 15.9 Å². The maximum atomic E-state index is 13.4. The lowest BCUT2D eigenvalue weighted by atomic mass is 10.3. The Kier molecular flexibility index (Phi) is 3.58. The minimum Gasteiger partial charge on any atom is -0.205 e. The summed E-state index contributed by atoms with van der Waals surface area (Å²) in [4.78, 5) is 0. The lowest BCUT2D eigenvalue weighted by molar-refractivity contribution is 0.622. The SMILES string of the molecule is Fc1ccccc1N=Nc1c(F)cccc1Br. The molecule has 0 spiro atoms. The molecule has 0 unspecified atom stereocenters. The van der Waals surface area contributed by atoms with Crippen LogP contribution < -0.4 is 0 Å². The summed E-state index contributed by atoms with van der Waals surface area (Å²) in [6.07, 6.45) is 0. The van der Waals surface area contributed by atoms with Crippen LogP contribution in [0.5, 0.6) is 0 Å². The molecular formula is C12H7BrF2N2. The third kappa shape index (κ3) is 2.74. The molecule has 0 aliphatic carbocycles. The summed E-state index contributed by atoms with van der Waals surface area (Å²) >= 11 is 3.15. The van der Waals surface area contributed by atoms with E-state index in [1.807, 2.05) is 0 Å². The van der Waals surface area contributed by atoms with Crippen molar-refractivity contribution in [1.29, 1.82) is 0 Å². The molecule has 0 atom stereocenters. The van der Waals surface area contributed by atoms with E-state index < -0.39 is 11.6 Å². The van der Waals surface area contributed by atoms with Crippen molar-refractivity contribution in [2.24, 2.45) is 10.2 Å². The van der Waals surface area contributed by atoms with Crippen molar-refractivity contribution in [3.05, 3.63) is 58.6 Å². The van der Waals surface area contributed by atoms with Crippen molar-refractivity contribution < 1.29 is 8.78 Å². The molecule has 0 aliphatic heterocycles. The molecule has 0 N–H and O–H groups in total. The second-order valence-electron chi connectivity index (χ2n) is 3.22. The minimum atomic E-state index is -0.514. The fourth-order valence-electron chi connectivity index (χ4n) is 1.22. The molecule has 2 aromatic carbocycles. The predicted molar refractivity (Wildman–Crippen MR) is 64.7 cm³/mol. The lowest BCUT2D eigenvalue weighted by Gasteiger charge is -1.98. The van der Waals surface area contributed by atoms with E-state index in [9.17, 15) is 8.78 Å². The summed E-state index contributed by atoms with van der Waals surface area (Å²) in [6.45, 7) is 0. The average molecular weight is 297 g/mol. The van der Waals surface area contributed by atoms with Crippen LogP contribution in [0.25, 0.3) is 0 Å². The van der Waals surface area contributed by atoms with Gasteiger partial charge in [-0.1, -0.05) is 18.2 Å². The van der Waals surface area contributed by atoms with E-state index >= 15 is 0 Å². The van der Waals surface area contributed by atoms with Gasteiger partial charge < -0.3 is 0 Å². The molecule has 0 heterocycles. The van der Waals surface area contributed by atoms with Gasteiger partial charge >= 0.3 is 0 Å². The van der Waals surface area contributed by atoms with Gasteiger partial charge in [0.25, 0.3) is 0 Å². The summed E-state index contributed by atoms with van der Waals surface area (Å²) in [7, 11) is 0. The van der Waals surface area contributed by atoms with Crippen molar-refractivity contribution in [2.45, 2.75) is 0 Å². The second-order valence-corrected chi connectivity index (χ2v) is 4.08. The van der Waals surface area contributed by atoms with Crippen LogP contribution in [0.1, 0.15) is 0 Å². The summed E-state index contributed by atoms with van der Waals surface area (Å²) in [5.41, 5.74) is 0.124. The molecule has 17 heavy (non-hydrogen) atoms. The molecule has 0 bridgehead atoms. The summed E-state index contributed by atoms with van der Waals surface area (Å²) in [5, 5.41) is 7.38. The van der Waals surface area contributed by atoms with Gasteiger partial charge in [0.2, 0.25) is 0 Å². The number of azo groups is 1.